The molecule has 130 valence electrons. The Labute approximate surface area is 162 Å². The molecule has 0 unspecified atom stereocenters. The third-order valence-corrected chi connectivity index (χ3v) is 5.02. The van der Waals surface area contributed by atoms with Gasteiger partial charge in [-0.05, 0) is 52.9 Å². The molecule has 0 bridgehead atoms. The van der Waals surface area contributed by atoms with E-state index in [4.69, 9.17) is 9.15 Å². The van der Waals surface area contributed by atoms with Gasteiger partial charge in [-0.25, -0.2) is 4.39 Å². The van der Waals surface area contributed by atoms with Gasteiger partial charge in [0.25, 0.3) is 5.91 Å². The molecule has 0 aliphatic carbocycles. The van der Waals surface area contributed by atoms with Crippen LogP contribution in [-0.2, 0) is 0 Å². The van der Waals surface area contributed by atoms with Crippen molar-refractivity contribution in [3.05, 3.63) is 69.5 Å². The van der Waals surface area contributed by atoms with Gasteiger partial charge in [0.05, 0.1) is 18.4 Å². The summed E-state index contributed by atoms with van der Waals surface area (Å²) in [6, 6.07) is 15.3. The molecule has 0 radical (unpaired) electrons. The largest absolute Gasteiger partial charge is 0.495 e. The van der Waals surface area contributed by atoms with E-state index in [2.05, 4.69) is 5.32 Å². The zero-order valence-electron chi connectivity index (χ0n) is 13.7. The second-order valence-corrected chi connectivity index (χ2v) is 6.89. The Morgan fingerprint density at radius 1 is 1.08 bits per heavy atom. The fourth-order valence-corrected chi connectivity index (χ4v) is 3.60. The molecule has 0 aliphatic heterocycles. The first-order chi connectivity index (χ1) is 12.6. The Kier molecular flexibility index (Phi) is 4.28. The van der Waals surface area contributed by atoms with Gasteiger partial charge in [-0.15, -0.1) is 0 Å². The van der Waals surface area contributed by atoms with Gasteiger partial charge in [0.2, 0.25) is 0 Å². The van der Waals surface area contributed by atoms with Gasteiger partial charge in [-0.3, -0.25) is 4.79 Å². The Morgan fingerprint density at radius 3 is 2.65 bits per heavy atom. The number of nitrogens with one attached hydrogen (secondary N) is 1. The lowest BCUT2D eigenvalue weighted by molar-refractivity contribution is 0.102. The number of rotatable bonds is 3. The summed E-state index contributed by atoms with van der Waals surface area (Å²) in [5, 5.41) is 4.71. The molecule has 6 heteroatoms. The molecule has 26 heavy (non-hydrogen) atoms. The number of methoxy groups -OCH3 is 1. The minimum absolute atomic E-state index is 0.344. The molecule has 1 heterocycles. The van der Waals surface area contributed by atoms with Crippen LogP contribution in [0.25, 0.3) is 21.9 Å². The second-order valence-electron chi connectivity index (χ2n) is 5.73. The number of ether oxygens (including phenoxy) is 1. The summed E-state index contributed by atoms with van der Waals surface area (Å²) >= 11 is 1.93. The number of hydrogen-bond acceptors (Lipinski definition) is 3. The highest BCUT2D eigenvalue weighted by atomic mass is 127. The van der Waals surface area contributed by atoms with Crippen LogP contribution in [0.15, 0.2) is 59.0 Å². The van der Waals surface area contributed by atoms with Gasteiger partial charge in [0.15, 0.2) is 0 Å². The Morgan fingerprint density at radius 2 is 1.88 bits per heavy atom. The molecule has 3 aromatic carbocycles. The van der Waals surface area contributed by atoms with Gasteiger partial charge >= 0.3 is 0 Å². The van der Waals surface area contributed by atoms with Crippen molar-refractivity contribution in [2.24, 2.45) is 0 Å². The third-order valence-electron chi connectivity index (χ3n) is 4.12. The third kappa shape index (κ3) is 2.90. The minimum atomic E-state index is -0.382. The van der Waals surface area contributed by atoms with E-state index in [1.807, 2.05) is 52.9 Å². The highest BCUT2D eigenvalue weighted by Crippen LogP contribution is 2.36. The highest BCUT2D eigenvalue weighted by molar-refractivity contribution is 14.1. The van der Waals surface area contributed by atoms with Crippen LogP contribution in [0.2, 0.25) is 0 Å². The van der Waals surface area contributed by atoms with Crippen LogP contribution in [0.5, 0.6) is 5.75 Å². The molecule has 4 aromatic rings. The van der Waals surface area contributed by atoms with Crippen molar-refractivity contribution < 1.29 is 18.3 Å². The van der Waals surface area contributed by atoms with E-state index in [0.717, 1.165) is 16.4 Å². The van der Waals surface area contributed by atoms with Crippen LogP contribution in [0.3, 0.4) is 0 Å². The lowest BCUT2D eigenvalue weighted by Crippen LogP contribution is -2.14. The summed E-state index contributed by atoms with van der Waals surface area (Å²) in [6.07, 6.45) is 0. The van der Waals surface area contributed by atoms with Crippen molar-refractivity contribution in [3.63, 3.8) is 0 Å². The van der Waals surface area contributed by atoms with E-state index in [-0.39, 0.29) is 11.7 Å². The van der Waals surface area contributed by atoms with Crippen molar-refractivity contribution >= 4 is 56.1 Å². The number of para-hydroxylation sites is 1. The van der Waals surface area contributed by atoms with Crippen LogP contribution in [0.4, 0.5) is 10.1 Å². The number of anilines is 1. The monoisotopic (exact) mass is 461 g/mol. The molecule has 1 N–H and O–H groups in total. The fourth-order valence-electron chi connectivity index (χ4n) is 2.88. The van der Waals surface area contributed by atoms with Crippen LogP contribution < -0.4 is 10.1 Å². The molecule has 0 saturated carbocycles. The zero-order valence-corrected chi connectivity index (χ0v) is 15.8. The minimum Gasteiger partial charge on any atom is -0.495 e. The van der Waals surface area contributed by atoms with Crippen molar-refractivity contribution in [1.29, 1.82) is 0 Å². The number of carbonyl (C=O) groups excluding carboxylic acids is 1. The van der Waals surface area contributed by atoms with E-state index in [1.54, 1.807) is 13.2 Å². The molecule has 0 atom stereocenters. The van der Waals surface area contributed by atoms with Gasteiger partial charge in [-0.2, -0.15) is 0 Å². The van der Waals surface area contributed by atoms with E-state index >= 15 is 0 Å². The van der Waals surface area contributed by atoms with E-state index in [1.165, 1.54) is 18.2 Å². The number of halogens is 2. The number of fused-ring (bicyclic) bond motifs is 3. The van der Waals surface area contributed by atoms with E-state index < -0.39 is 0 Å². The van der Waals surface area contributed by atoms with Crippen molar-refractivity contribution in [2.75, 3.05) is 12.4 Å². The maximum absolute atomic E-state index is 13.3. The van der Waals surface area contributed by atoms with Crippen LogP contribution in [0, 0.1) is 9.39 Å². The van der Waals surface area contributed by atoms with Gasteiger partial charge in [-0.1, -0.05) is 18.2 Å². The molecular formula is C20H13FINO3. The average Bonchev–Trinajstić information content (AvgIpc) is 2.98. The molecular weight excluding hydrogens is 448 g/mol. The average molecular weight is 461 g/mol. The maximum Gasteiger partial charge on any atom is 0.256 e. The molecule has 0 saturated heterocycles. The maximum atomic E-state index is 13.3. The standard InChI is InChI=1S/C20H13FINO3/c1-25-19-9-14-12-4-2-3-5-17(12)26-18(14)10-16(19)23-20(24)13-7-6-11(21)8-15(13)22/h2-10H,1H3,(H,23,24). The lowest BCUT2D eigenvalue weighted by atomic mass is 10.1. The zero-order chi connectivity index (χ0) is 18.3. The second kappa shape index (κ2) is 6.60. The normalized spacial score (nSPS) is 11.0. The Bertz CT molecular complexity index is 1150. The van der Waals surface area contributed by atoms with Crippen LogP contribution in [-0.4, -0.2) is 13.0 Å². The summed E-state index contributed by atoms with van der Waals surface area (Å²) in [7, 11) is 1.54. The SMILES string of the molecule is COc1cc2c(cc1NC(=O)c1ccc(F)cc1I)oc1ccccc12. The first-order valence-electron chi connectivity index (χ1n) is 7.82. The smallest absolute Gasteiger partial charge is 0.256 e. The molecule has 1 amide bonds. The van der Waals surface area contributed by atoms with Crippen molar-refractivity contribution in [1.82, 2.24) is 0 Å². The predicted octanol–water partition coefficient (Wildman–Crippen LogP) is 5.59. The van der Waals surface area contributed by atoms with Gasteiger partial charge < -0.3 is 14.5 Å². The first-order valence-corrected chi connectivity index (χ1v) is 8.90. The number of amides is 1. The molecule has 0 aliphatic rings. The quantitative estimate of drug-likeness (QED) is 0.405. The molecule has 4 nitrogen and oxygen atoms in total. The summed E-state index contributed by atoms with van der Waals surface area (Å²) in [6.45, 7) is 0. The molecule has 4 rings (SSSR count). The molecule has 1 aromatic heterocycles. The number of furan rings is 1. The van der Waals surface area contributed by atoms with Crippen LogP contribution in [0.1, 0.15) is 10.4 Å². The summed E-state index contributed by atoms with van der Waals surface area (Å²) in [5.74, 6) is -0.204. The lowest BCUT2D eigenvalue weighted by Gasteiger charge is -2.11. The number of carbonyl (C=O) groups is 1. The summed E-state index contributed by atoms with van der Waals surface area (Å²) in [4.78, 5) is 12.6. The Hall–Kier alpha value is -2.61. The number of hydrogen-bond donors (Lipinski definition) is 1. The van der Waals surface area contributed by atoms with E-state index in [0.29, 0.717) is 26.2 Å². The summed E-state index contributed by atoms with van der Waals surface area (Å²) < 4.78 is 25.1. The topological polar surface area (TPSA) is 51.5 Å². The van der Waals surface area contributed by atoms with Crippen LogP contribution >= 0.6 is 22.6 Å². The van der Waals surface area contributed by atoms with Gasteiger partial charge in [0, 0.05) is 20.4 Å². The van der Waals surface area contributed by atoms with Crippen molar-refractivity contribution in [3.8, 4) is 5.75 Å². The van der Waals surface area contributed by atoms with Gasteiger partial charge in [0.1, 0.15) is 22.7 Å². The van der Waals surface area contributed by atoms with E-state index in [9.17, 15) is 9.18 Å². The first kappa shape index (κ1) is 16.8. The predicted molar refractivity (Wildman–Crippen MR) is 107 cm³/mol. The molecule has 0 fully saturated rings. The van der Waals surface area contributed by atoms with Crippen molar-refractivity contribution in [2.45, 2.75) is 0 Å². The highest BCUT2D eigenvalue weighted by Gasteiger charge is 2.16. The number of benzene rings is 3. The Balaban J connectivity index is 1.77. The summed E-state index contributed by atoms with van der Waals surface area (Å²) in [5.41, 5.74) is 2.29. The molecule has 0 spiro atoms. The fraction of sp³-hybridized carbons (Fsp3) is 0.0500.